The Bertz CT molecular complexity index is 70.7. The highest BCUT2D eigenvalue weighted by Crippen LogP contribution is 2.17. The summed E-state index contributed by atoms with van der Waals surface area (Å²) in [4.78, 5) is 0. The first-order valence-electron chi connectivity index (χ1n) is 3.46. The molecule has 54 valence electrons. The molecule has 0 saturated heterocycles. The van der Waals surface area contributed by atoms with Gasteiger partial charge in [0.2, 0.25) is 0 Å². The Labute approximate surface area is 64.4 Å². The molecule has 0 bridgehead atoms. The SMILES string of the molecule is BrONC1CCCCC1. The van der Waals surface area contributed by atoms with Crippen LogP contribution in [0.3, 0.4) is 0 Å². The highest BCUT2D eigenvalue weighted by molar-refractivity contribution is 9.05. The van der Waals surface area contributed by atoms with E-state index in [0.29, 0.717) is 6.04 Å². The quantitative estimate of drug-likeness (QED) is 0.680. The molecule has 1 aliphatic rings. The maximum Gasteiger partial charge on any atom is 0.125 e. The fourth-order valence-corrected chi connectivity index (χ4v) is 1.55. The van der Waals surface area contributed by atoms with Gasteiger partial charge in [-0.25, -0.2) is 3.93 Å². The van der Waals surface area contributed by atoms with Crippen LogP contribution in [0, 0.1) is 0 Å². The van der Waals surface area contributed by atoms with E-state index < -0.39 is 0 Å². The van der Waals surface area contributed by atoms with Crippen LogP contribution in [0.2, 0.25) is 0 Å². The second-order valence-corrected chi connectivity index (χ2v) is 2.85. The van der Waals surface area contributed by atoms with Gasteiger partial charge in [0.15, 0.2) is 0 Å². The zero-order valence-corrected chi connectivity index (χ0v) is 6.99. The monoisotopic (exact) mass is 193 g/mol. The summed E-state index contributed by atoms with van der Waals surface area (Å²) in [5.41, 5.74) is 2.90. The molecule has 1 fully saturated rings. The minimum Gasteiger partial charge on any atom is -0.223 e. The number of hydrogen-bond donors (Lipinski definition) is 1. The Morgan fingerprint density at radius 2 is 1.89 bits per heavy atom. The van der Waals surface area contributed by atoms with E-state index in [-0.39, 0.29) is 0 Å². The van der Waals surface area contributed by atoms with Crippen molar-refractivity contribution in [2.75, 3.05) is 0 Å². The first kappa shape index (κ1) is 7.51. The van der Waals surface area contributed by atoms with Crippen LogP contribution in [0.5, 0.6) is 0 Å². The highest BCUT2D eigenvalue weighted by Gasteiger charge is 2.11. The minimum absolute atomic E-state index is 0.582. The van der Waals surface area contributed by atoms with E-state index in [1.165, 1.54) is 32.1 Å². The van der Waals surface area contributed by atoms with Gasteiger partial charge in [-0.3, -0.25) is 0 Å². The molecule has 0 unspecified atom stereocenters. The summed E-state index contributed by atoms with van der Waals surface area (Å²) >= 11 is 2.87. The molecular formula is C6H12BrNO. The number of nitrogens with one attached hydrogen (secondary N) is 1. The first-order valence-corrected chi connectivity index (χ1v) is 4.11. The molecule has 1 saturated carbocycles. The van der Waals surface area contributed by atoms with E-state index in [0.717, 1.165) is 0 Å². The Morgan fingerprint density at radius 3 is 2.44 bits per heavy atom. The summed E-state index contributed by atoms with van der Waals surface area (Å²) in [5, 5.41) is 0. The van der Waals surface area contributed by atoms with Gasteiger partial charge in [-0.05, 0) is 12.8 Å². The van der Waals surface area contributed by atoms with Gasteiger partial charge in [0, 0.05) is 6.04 Å². The van der Waals surface area contributed by atoms with Gasteiger partial charge in [0.05, 0.1) is 0 Å². The van der Waals surface area contributed by atoms with Crippen LogP contribution in [0.25, 0.3) is 0 Å². The summed E-state index contributed by atoms with van der Waals surface area (Å²) in [7, 11) is 0. The molecule has 1 rings (SSSR count). The van der Waals surface area contributed by atoms with Crippen LogP contribution in [-0.4, -0.2) is 6.04 Å². The second kappa shape index (κ2) is 4.25. The molecule has 0 heterocycles. The van der Waals surface area contributed by atoms with Crippen LogP contribution in [-0.2, 0) is 3.93 Å². The Kier molecular flexibility index (Phi) is 3.55. The topological polar surface area (TPSA) is 21.3 Å². The summed E-state index contributed by atoms with van der Waals surface area (Å²) < 4.78 is 4.64. The van der Waals surface area contributed by atoms with Gasteiger partial charge in [-0.2, -0.15) is 5.48 Å². The third-order valence-electron chi connectivity index (χ3n) is 1.82. The molecular weight excluding hydrogens is 182 g/mol. The average molecular weight is 194 g/mol. The predicted octanol–water partition coefficient (Wildman–Crippen LogP) is 2.15. The van der Waals surface area contributed by atoms with Crippen molar-refractivity contribution in [3.63, 3.8) is 0 Å². The minimum atomic E-state index is 0.582. The first-order chi connectivity index (χ1) is 4.43. The molecule has 1 N–H and O–H groups in total. The lowest BCUT2D eigenvalue weighted by Gasteiger charge is -2.20. The molecule has 0 aromatic heterocycles. The third-order valence-corrected chi connectivity index (χ3v) is 2.00. The van der Waals surface area contributed by atoms with Crippen molar-refractivity contribution in [2.24, 2.45) is 0 Å². The Morgan fingerprint density at radius 1 is 1.22 bits per heavy atom. The zero-order valence-electron chi connectivity index (χ0n) is 5.40. The van der Waals surface area contributed by atoms with E-state index in [1.807, 2.05) is 0 Å². The smallest absolute Gasteiger partial charge is 0.125 e. The van der Waals surface area contributed by atoms with Gasteiger partial charge >= 0.3 is 0 Å². The van der Waals surface area contributed by atoms with Crippen molar-refractivity contribution in [1.29, 1.82) is 0 Å². The molecule has 2 nitrogen and oxygen atoms in total. The predicted molar refractivity (Wildman–Crippen MR) is 40.0 cm³/mol. The van der Waals surface area contributed by atoms with Gasteiger partial charge < -0.3 is 0 Å². The van der Waals surface area contributed by atoms with Crippen LogP contribution in [0.4, 0.5) is 0 Å². The molecule has 1 aliphatic carbocycles. The second-order valence-electron chi connectivity index (χ2n) is 2.53. The maximum absolute atomic E-state index is 4.64. The van der Waals surface area contributed by atoms with E-state index in [9.17, 15) is 0 Å². The van der Waals surface area contributed by atoms with Crippen LogP contribution in [0.1, 0.15) is 32.1 Å². The van der Waals surface area contributed by atoms with Crippen molar-refractivity contribution in [1.82, 2.24) is 5.48 Å². The molecule has 0 atom stereocenters. The molecule has 0 spiro atoms. The number of rotatable bonds is 2. The maximum atomic E-state index is 4.64. The molecule has 9 heavy (non-hydrogen) atoms. The van der Waals surface area contributed by atoms with Gasteiger partial charge in [-0.15, -0.1) is 0 Å². The van der Waals surface area contributed by atoms with Crippen molar-refractivity contribution in [2.45, 2.75) is 38.1 Å². The number of hydrogen-bond acceptors (Lipinski definition) is 2. The average Bonchev–Trinajstić information content (AvgIpc) is 1.91. The fraction of sp³-hybridized carbons (Fsp3) is 1.00. The van der Waals surface area contributed by atoms with Gasteiger partial charge in [0.25, 0.3) is 0 Å². The summed E-state index contributed by atoms with van der Waals surface area (Å²) in [6, 6.07) is 0.582. The van der Waals surface area contributed by atoms with Crippen LogP contribution < -0.4 is 5.48 Å². The molecule has 0 radical (unpaired) electrons. The van der Waals surface area contributed by atoms with Crippen molar-refractivity contribution in [3.05, 3.63) is 0 Å². The molecule has 3 heteroatoms. The number of hydroxylamine groups is 1. The fourth-order valence-electron chi connectivity index (χ4n) is 1.28. The van der Waals surface area contributed by atoms with E-state index in [2.05, 4.69) is 25.7 Å². The lowest BCUT2D eigenvalue weighted by Crippen LogP contribution is -2.28. The molecule has 0 amide bonds. The van der Waals surface area contributed by atoms with Crippen LogP contribution in [0.15, 0.2) is 0 Å². The molecule has 0 aromatic carbocycles. The van der Waals surface area contributed by atoms with E-state index in [4.69, 9.17) is 0 Å². The van der Waals surface area contributed by atoms with E-state index in [1.54, 1.807) is 0 Å². The standard InChI is InChI=1S/C6H12BrNO/c7-9-8-6-4-2-1-3-5-6/h6,8H,1-5H2. The lowest BCUT2D eigenvalue weighted by atomic mass is 9.96. The number of halogens is 1. The van der Waals surface area contributed by atoms with Gasteiger partial charge in [0.1, 0.15) is 16.3 Å². The summed E-state index contributed by atoms with van der Waals surface area (Å²) in [6.45, 7) is 0. The van der Waals surface area contributed by atoms with E-state index >= 15 is 0 Å². The van der Waals surface area contributed by atoms with Gasteiger partial charge in [-0.1, -0.05) is 19.3 Å². The van der Waals surface area contributed by atoms with Crippen molar-refractivity contribution < 1.29 is 3.93 Å². The highest BCUT2D eigenvalue weighted by atomic mass is 79.9. The largest absolute Gasteiger partial charge is 0.223 e. The summed E-state index contributed by atoms with van der Waals surface area (Å²) in [6.07, 6.45) is 6.58. The normalized spacial score (nSPS) is 22.3. The molecule has 0 aliphatic heterocycles. The molecule has 0 aromatic rings. The Balaban J connectivity index is 2.08. The van der Waals surface area contributed by atoms with Crippen molar-refractivity contribution in [3.8, 4) is 0 Å². The third kappa shape index (κ3) is 2.65. The lowest BCUT2D eigenvalue weighted by molar-refractivity contribution is 0.175. The zero-order chi connectivity index (χ0) is 6.53. The Hall–Kier alpha value is 0.400. The van der Waals surface area contributed by atoms with Crippen LogP contribution >= 0.6 is 16.3 Å². The summed E-state index contributed by atoms with van der Waals surface area (Å²) in [5.74, 6) is 0. The van der Waals surface area contributed by atoms with Crippen molar-refractivity contribution >= 4 is 16.3 Å².